The Morgan fingerprint density at radius 1 is 1.10 bits per heavy atom. The van der Waals surface area contributed by atoms with Gasteiger partial charge in [-0.25, -0.2) is 0 Å². The third-order valence-corrected chi connectivity index (χ3v) is 3.59. The molecule has 0 aliphatic rings. The smallest absolute Gasteiger partial charge is 0.0881 e. The van der Waals surface area contributed by atoms with Crippen molar-refractivity contribution in [3.8, 4) is 0 Å². The molecular weight excluding hydrogens is 246 g/mol. The summed E-state index contributed by atoms with van der Waals surface area (Å²) in [5, 5.41) is 11.9. The summed E-state index contributed by atoms with van der Waals surface area (Å²) in [7, 11) is 0. The molecule has 102 valence electrons. The number of fused-ring (bicyclic) bond motifs is 1. The van der Waals surface area contributed by atoms with Gasteiger partial charge in [0.1, 0.15) is 0 Å². The van der Waals surface area contributed by atoms with Crippen LogP contribution in [0, 0.1) is 13.8 Å². The molecule has 0 spiro atoms. The van der Waals surface area contributed by atoms with E-state index in [0.29, 0.717) is 0 Å². The molecule has 3 heteroatoms. The van der Waals surface area contributed by atoms with Crippen LogP contribution in [0.4, 0.5) is 5.69 Å². The highest BCUT2D eigenvalue weighted by molar-refractivity contribution is 5.90. The van der Waals surface area contributed by atoms with Gasteiger partial charge in [-0.1, -0.05) is 41.5 Å². The van der Waals surface area contributed by atoms with E-state index in [4.69, 9.17) is 0 Å². The number of benzene rings is 2. The van der Waals surface area contributed by atoms with E-state index in [1.807, 2.05) is 6.20 Å². The molecule has 1 heterocycles. The first kappa shape index (κ1) is 12.7. The van der Waals surface area contributed by atoms with Gasteiger partial charge in [-0.2, -0.15) is 5.10 Å². The highest BCUT2D eigenvalue weighted by atomic mass is 15.1. The van der Waals surface area contributed by atoms with Crippen LogP contribution < -0.4 is 5.32 Å². The molecule has 0 radical (unpaired) electrons. The summed E-state index contributed by atoms with van der Waals surface area (Å²) in [4.78, 5) is 0. The minimum Gasteiger partial charge on any atom is -0.377 e. The Morgan fingerprint density at radius 2 is 1.85 bits per heavy atom. The Bertz CT molecular complexity index is 723. The number of para-hydroxylation sites is 1. The second kappa shape index (κ2) is 5.00. The summed E-state index contributed by atoms with van der Waals surface area (Å²) < 4.78 is 0. The maximum atomic E-state index is 4.11. The molecule has 1 aromatic heterocycles. The number of hydrogen-bond donors (Lipinski definition) is 2. The van der Waals surface area contributed by atoms with Crippen LogP contribution in [0.25, 0.3) is 10.9 Å². The van der Waals surface area contributed by atoms with Crippen LogP contribution >= 0.6 is 0 Å². The number of aryl methyl sites for hydroxylation is 2. The van der Waals surface area contributed by atoms with Crippen LogP contribution in [0.5, 0.6) is 0 Å². The number of H-pyrrole nitrogens is 1. The number of nitrogens with zero attached hydrogens (tertiary/aromatic N) is 1. The first-order chi connectivity index (χ1) is 9.63. The Morgan fingerprint density at radius 3 is 2.60 bits per heavy atom. The summed E-state index contributed by atoms with van der Waals surface area (Å²) in [6.45, 7) is 6.46. The standard InChI is InChI=1S/C17H19N3/c1-11-7-12(2)9-15(8-11)13(3)19-16-6-4-5-14-10-18-20-17(14)16/h4-10,13,19H,1-3H3,(H,18,20). The van der Waals surface area contributed by atoms with E-state index >= 15 is 0 Å². The molecule has 0 saturated carbocycles. The first-order valence-electron chi connectivity index (χ1n) is 6.90. The van der Waals surface area contributed by atoms with E-state index in [-0.39, 0.29) is 6.04 Å². The summed E-state index contributed by atoms with van der Waals surface area (Å²) in [6.07, 6.45) is 1.85. The van der Waals surface area contributed by atoms with Crippen LogP contribution in [-0.4, -0.2) is 10.2 Å². The molecule has 3 rings (SSSR count). The Labute approximate surface area is 119 Å². The fourth-order valence-corrected chi connectivity index (χ4v) is 2.67. The van der Waals surface area contributed by atoms with Crippen LogP contribution in [0.1, 0.15) is 29.7 Å². The summed E-state index contributed by atoms with van der Waals surface area (Å²) in [5.41, 5.74) is 6.05. The lowest BCUT2D eigenvalue weighted by molar-refractivity contribution is 0.881. The number of aromatic nitrogens is 2. The van der Waals surface area contributed by atoms with Gasteiger partial charge < -0.3 is 5.32 Å². The van der Waals surface area contributed by atoms with Gasteiger partial charge >= 0.3 is 0 Å². The van der Waals surface area contributed by atoms with Gasteiger partial charge in [-0.3, -0.25) is 5.10 Å². The molecule has 2 aromatic carbocycles. The number of anilines is 1. The first-order valence-corrected chi connectivity index (χ1v) is 6.90. The molecular formula is C17H19N3. The molecule has 0 aliphatic carbocycles. The molecule has 2 N–H and O–H groups in total. The molecule has 3 aromatic rings. The zero-order valence-electron chi connectivity index (χ0n) is 12.1. The maximum absolute atomic E-state index is 4.11. The van der Waals surface area contributed by atoms with Gasteiger partial charge in [0.15, 0.2) is 0 Å². The molecule has 1 unspecified atom stereocenters. The van der Waals surface area contributed by atoms with E-state index in [2.05, 4.69) is 72.7 Å². The zero-order chi connectivity index (χ0) is 14.1. The van der Waals surface area contributed by atoms with Crippen LogP contribution in [0.3, 0.4) is 0 Å². The Kier molecular flexibility index (Phi) is 3.18. The number of hydrogen-bond acceptors (Lipinski definition) is 2. The van der Waals surface area contributed by atoms with Crippen molar-refractivity contribution >= 4 is 16.6 Å². The lowest BCUT2D eigenvalue weighted by atomic mass is 10.0. The molecule has 0 bridgehead atoms. The average molecular weight is 265 g/mol. The van der Waals surface area contributed by atoms with Crippen molar-refractivity contribution in [2.24, 2.45) is 0 Å². The lowest BCUT2D eigenvalue weighted by Crippen LogP contribution is -2.07. The van der Waals surface area contributed by atoms with Gasteiger partial charge in [0.25, 0.3) is 0 Å². The van der Waals surface area contributed by atoms with Crippen LogP contribution in [0.2, 0.25) is 0 Å². The van der Waals surface area contributed by atoms with E-state index < -0.39 is 0 Å². The summed E-state index contributed by atoms with van der Waals surface area (Å²) in [5.74, 6) is 0. The number of rotatable bonds is 3. The highest BCUT2D eigenvalue weighted by Gasteiger charge is 2.09. The molecule has 0 aliphatic heterocycles. The largest absolute Gasteiger partial charge is 0.377 e. The minimum atomic E-state index is 0.252. The van der Waals surface area contributed by atoms with Crippen molar-refractivity contribution in [2.75, 3.05) is 5.32 Å². The summed E-state index contributed by atoms with van der Waals surface area (Å²) in [6, 6.07) is 13.1. The van der Waals surface area contributed by atoms with Gasteiger partial charge in [0.05, 0.1) is 17.4 Å². The van der Waals surface area contributed by atoms with Crippen LogP contribution in [-0.2, 0) is 0 Å². The minimum absolute atomic E-state index is 0.252. The molecule has 3 nitrogen and oxygen atoms in total. The SMILES string of the molecule is Cc1cc(C)cc(C(C)Nc2cccc3cn[nH]c23)c1. The van der Waals surface area contributed by atoms with Gasteiger partial charge in [0.2, 0.25) is 0 Å². The monoisotopic (exact) mass is 265 g/mol. The maximum Gasteiger partial charge on any atom is 0.0881 e. The molecule has 0 saturated heterocycles. The normalized spacial score (nSPS) is 12.6. The predicted molar refractivity (Wildman–Crippen MR) is 84.0 cm³/mol. The Balaban J connectivity index is 1.92. The van der Waals surface area contributed by atoms with Gasteiger partial charge in [-0.15, -0.1) is 0 Å². The van der Waals surface area contributed by atoms with Crippen molar-refractivity contribution in [3.05, 3.63) is 59.3 Å². The van der Waals surface area contributed by atoms with E-state index in [9.17, 15) is 0 Å². The second-order valence-electron chi connectivity index (χ2n) is 5.43. The third kappa shape index (κ3) is 2.39. The Hall–Kier alpha value is -2.29. The van der Waals surface area contributed by atoms with Gasteiger partial charge in [0, 0.05) is 11.4 Å². The zero-order valence-corrected chi connectivity index (χ0v) is 12.1. The highest BCUT2D eigenvalue weighted by Crippen LogP contribution is 2.26. The van der Waals surface area contributed by atoms with Crippen LogP contribution in [0.15, 0.2) is 42.6 Å². The number of aromatic amines is 1. The molecule has 0 fully saturated rings. The van der Waals surface area contributed by atoms with E-state index in [1.165, 1.54) is 16.7 Å². The topological polar surface area (TPSA) is 40.7 Å². The van der Waals surface area contributed by atoms with Crippen molar-refractivity contribution in [3.63, 3.8) is 0 Å². The lowest BCUT2D eigenvalue weighted by Gasteiger charge is -2.17. The fraction of sp³-hybridized carbons (Fsp3) is 0.235. The van der Waals surface area contributed by atoms with E-state index in [0.717, 1.165) is 16.6 Å². The van der Waals surface area contributed by atoms with Crippen molar-refractivity contribution in [2.45, 2.75) is 26.8 Å². The second-order valence-corrected chi connectivity index (χ2v) is 5.43. The van der Waals surface area contributed by atoms with Crippen molar-refractivity contribution in [1.82, 2.24) is 10.2 Å². The molecule has 20 heavy (non-hydrogen) atoms. The summed E-state index contributed by atoms with van der Waals surface area (Å²) >= 11 is 0. The fourth-order valence-electron chi connectivity index (χ4n) is 2.67. The van der Waals surface area contributed by atoms with E-state index in [1.54, 1.807) is 0 Å². The molecule has 0 amide bonds. The van der Waals surface area contributed by atoms with Gasteiger partial charge in [-0.05, 0) is 32.4 Å². The quantitative estimate of drug-likeness (QED) is 0.739. The third-order valence-electron chi connectivity index (χ3n) is 3.59. The molecule has 1 atom stereocenters. The average Bonchev–Trinajstić information content (AvgIpc) is 2.87. The number of nitrogens with one attached hydrogen (secondary N) is 2. The predicted octanol–water partition coefficient (Wildman–Crippen LogP) is 4.35. The van der Waals surface area contributed by atoms with Crippen molar-refractivity contribution in [1.29, 1.82) is 0 Å². The van der Waals surface area contributed by atoms with Crippen molar-refractivity contribution < 1.29 is 0 Å².